The Balaban J connectivity index is 1.69. The minimum atomic E-state index is -0.148. The number of nitrogens with zero attached hydrogens (tertiary/aromatic N) is 1. The standard InChI is InChI=1S/C16H17BrN2O2S2/c1-19(16(21)13-7-8-14(17)23-13)11-15(20)18-9-10-22-12-5-3-2-4-6-12/h2-8H,9-11H2,1H3,(H,18,20). The summed E-state index contributed by atoms with van der Waals surface area (Å²) in [5.74, 6) is 0.505. The van der Waals surface area contributed by atoms with Gasteiger partial charge in [-0.25, -0.2) is 0 Å². The first-order valence-electron chi connectivity index (χ1n) is 7.01. The highest BCUT2D eigenvalue weighted by molar-refractivity contribution is 9.11. The maximum atomic E-state index is 12.1. The molecule has 0 aliphatic heterocycles. The van der Waals surface area contributed by atoms with Gasteiger partial charge in [-0.05, 0) is 40.2 Å². The quantitative estimate of drug-likeness (QED) is 0.559. The average molecular weight is 413 g/mol. The van der Waals surface area contributed by atoms with Gasteiger partial charge < -0.3 is 10.2 Å². The van der Waals surface area contributed by atoms with Gasteiger partial charge in [-0.15, -0.1) is 23.1 Å². The van der Waals surface area contributed by atoms with Gasteiger partial charge in [0.15, 0.2) is 0 Å². The van der Waals surface area contributed by atoms with Crippen molar-refractivity contribution < 1.29 is 9.59 Å². The molecule has 0 bridgehead atoms. The molecule has 2 aromatic rings. The van der Waals surface area contributed by atoms with Crippen LogP contribution in [0.2, 0.25) is 0 Å². The molecule has 1 aromatic heterocycles. The molecule has 2 rings (SSSR count). The average Bonchev–Trinajstić information content (AvgIpc) is 2.98. The summed E-state index contributed by atoms with van der Waals surface area (Å²) in [6.45, 7) is 0.634. The Morgan fingerprint density at radius 1 is 1.22 bits per heavy atom. The highest BCUT2D eigenvalue weighted by atomic mass is 79.9. The van der Waals surface area contributed by atoms with Gasteiger partial charge in [-0.1, -0.05) is 18.2 Å². The zero-order chi connectivity index (χ0) is 16.7. The third-order valence-corrected chi connectivity index (χ3v) is 5.57. The fourth-order valence-electron chi connectivity index (χ4n) is 1.84. The van der Waals surface area contributed by atoms with Gasteiger partial charge in [0.25, 0.3) is 5.91 Å². The molecule has 0 aliphatic rings. The third-order valence-electron chi connectivity index (χ3n) is 2.95. The van der Waals surface area contributed by atoms with Crippen LogP contribution >= 0.6 is 39.0 Å². The van der Waals surface area contributed by atoms with Gasteiger partial charge in [-0.2, -0.15) is 0 Å². The fraction of sp³-hybridized carbons (Fsp3) is 0.250. The number of benzene rings is 1. The number of carbonyl (C=O) groups excluding carboxylic acids is 2. The van der Waals surface area contributed by atoms with Crippen LogP contribution in [-0.2, 0) is 4.79 Å². The van der Waals surface area contributed by atoms with Gasteiger partial charge in [0.05, 0.1) is 15.2 Å². The highest BCUT2D eigenvalue weighted by Gasteiger charge is 2.16. The zero-order valence-electron chi connectivity index (χ0n) is 12.6. The maximum Gasteiger partial charge on any atom is 0.264 e. The van der Waals surface area contributed by atoms with E-state index in [0.717, 1.165) is 9.54 Å². The molecule has 1 aromatic carbocycles. The number of likely N-dealkylation sites (N-methyl/N-ethyl adjacent to an activating group) is 1. The number of hydrogen-bond donors (Lipinski definition) is 1. The number of hydrogen-bond acceptors (Lipinski definition) is 4. The Labute approximate surface area is 152 Å². The number of thioether (sulfide) groups is 1. The molecule has 1 heterocycles. The number of thiophene rings is 1. The van der Waals surface area contributed by atoms with Crippen LogP contribution in [0.1, 0.15) is 9.67 Å². The largest absolute Gasteiger partial charge is 0.354 e. The van der Waals surface area contributed by atoms with Crippen LogP contribution in [0.5, 0.6) is 0 Å². The van der Waals surface area contributed by atoms with E-state index in [9.17, 15) is 9.59 Å². The lowest BCUT2D eigenvalue weighted by molar-refractivity contribution is -0.121. The molecule has 2 amide bonds. The van der Waals surface area contributed by atoms with E-state index in [0.29, 0.717) is 11.4 Å². The van der Waals surface area contributed by atoms with Crippen molar-refractivity contribution in [3.05, 3.63) is 51.1 Å². The molecule has 0 atom stereocenters. The molecule has 0 radical (unpaired) electrons. The first-order chi connectivity index (χ1) is 11.1. The number of rotatable bonds is 7. The van der Waals surface area contributed by atoms with Gasteiger partial charge in [0, 0.05) is 24.2 Å². The zero-order valence-corrected chi connectivity index (χ0v) is 15.8. The number of carbonyl (C=O) groups is 2. The molecular formula is C16H17BrN2O2S2. The molecular weight excluding hydrogens is 396 g/mol. The normalized spacial score (nSPS) is 10.3. The van der Waals surface area contributed by atoms with Gasteiger partial charge in [-0.3, -0.25) is 9.59 Å². The van der Waals surface area contributed by atoms with Gasteiger partial charge >= 0.3 is 0 Å². The topological polar surface area (TPSA) is 49.4 Å². The fourth-order valence-corrected chi connectivity index (χ4v) is 4.01. The SMILES string of the molecule is CN(CC(=O)NCCSc1ccccc1)C(=O)c1ccc(Br)s1. The van der Waals surface area contributed by atoms with Crippen molar-refractivity contribution in [2.75, 3.05) is 25.9 Å². The molecule has 0 spiro atoms. The summed E-state index contributed by atoms with van der Waals surface area (Å²) in [5, 5.41) is 2.84. The summed E-state index contributed by atoms with van der Waals surface area (Å²) in [6.07, 6.45) is 0. The van der Waals surface area contributed by atoms with Crippen molar-refractivity contribution in [3.63, 3.8) is 0 Å². The Morgan fingerprint density at radius 3 is 2.61 bits per heavy atom. The second kappa shape index (κ2) is 9.10. The van der Waals surface area contributed by atoms with E-state index in [1.807, 2.05) is 36.4 Å². The number of amides is 2. The Kier molecular flexibility index (Phi) is 7.14. The molecule has 122 valence electrons. The van der Waals surface area contributed by atoms with Crippen LogP contribution in [0.4, 0.5) is 0 Å². The van der Waals surface area contributed by atoms with Crippen molar-refractivity contribution in [2.45, 2.75) is 4.90 Å². The van der Waals surface area contributed by atoms with Crippen LogP contribution in [0.15, 0.2) is 51.1 Å². The predicted molar refractivity (Wildman–Crippen MR) is 99.2 cm³/mol. The molecule has 0 unspecified atom stereocenters. The van der Waals surface area contributed by atoms with E-state index in [-0.39, 0.29) is 18.4 Å². The summed E-state index contributed by atoms with van der Waals surface area (Å²) in [5.41, 5.74) is 0. The van der Waals surface area contributed by atoms with Crippen LogP contribution < -0.4 is 5.32 Å². The number of halogens is 1. The summed E-state index contributed by atoms with van der Waals surface area (Å²) in [7, 11) is 1.63. The van der Waals surface area contributed by atoms with Crippen LogP contribution in [0.25, 0.3) is 0 Å². The molecule has 23 heavy (non-hydrogen) atoms. The van der Waals surface area contributed by atoms with Gasteiger partial charge in [0.2, 0.25) is 5.91 Å². The monoisotopic (exact) mass is 412 g/mol. The molecule has 0 saturated carbocycles. The van der Waals surface area contributed by atoms with Crippen molar-refractivity contribution in [1.82, 2.24) is 10.2 Å². The van der Waals surface area contributed by atoms with E-state index in [1.54, 1.807) is 24.9 Å². The van der Waals surface area contributed by atoms with Crippen molar-refractivity contribution in [1.29, 1.82) is 0 Å². The lowest BCUT2D eigenvalue weighted by Crippen LogP contribution is -2.38. The minimum absolute atomic E-state index is 0.0599. The van der Waals surface area contributed by atoms with Crippen LogP contribution in [0, 0.1) is 0 Å². The van der Waals surface area contributed by atoms with E-state index < -0.39 is 0 Å². The van der Waals surface area contributed by atoms with E-state index in [4.69, 9.17) is 0 Å². The summed E-state index contributed by atoms with van der Waals surface area (Å²) in [4.78, 5) is 27.2. The first kappa shape index (κ1) is 18.0. The van der Waals surface area contributed by atoms with E-state index in [2.05, 4.69) is 21.2 Å². The molecule has 0 saturated heterocycles. The summed E-state index contributed by atoms with van der Waals surface area (Å²) >= 11 is 6.38. The second-order valence-electron chi connectivity index (χ2n) is 4.78. The Morgan fingerprint density at radius 2 is 1.96 bits per heavy atom. The molecule has 1 N–H and O–H groups in total. The lowest BCUT2D eigenvalue weighted by atomic mass is 10.4. The van der Waals surface area contributed by atoms with Crippen molar-refractivity contribution in [2.24, 2.45) is 0 Å². The molecule has 0 aliphatic carbocycles. The Bertz CT molecular complexity index is 661. The molecule has 7 heteroatoms. The molecule has 4 nitrogen and oxygen atoms in total. The van der Waals surface area contributed by atoms with Gasteiger partial charge in [0.1, 0.15) is 0 Å². The van der Waals surface area contributed by atoms with E-state index in [1.165, 1.54) is 21.1 Å². The minimum Gasteiger partial charge on any atom is -0.354 e. The predicted octanol–water partition coefficient (Wildman–Crippen LogP) is 3.49. The second-order valence-corrected chi connectivity index (χ2v) is 8.41. The van der Waals surface area contributed by atoms with Crippen LogP contribution in [0.3, 0.4) is 0 Å². The van der Waals surface area contributed by atoms with Crippen molar-refractivity contribution in [3.8, 4) is 0 Å². The summed E-state index contributed by atoms with van der Waals surface area (Å²) in [6, 6.07) is 13.6. The van der Waals surface area contributed by atoms with E-state index >= 15 is 0 Å². The van der Waals surface area contributed by atoms with Crippen molar-refractivity contribution >= 4 is 50.8 Å². The van der Waals surface area contributed by atoms with Crippen LogP contribution in [-0.4, -0.2) is 42.6 Å². The smallest absolute Gasteiger partial charge is 0.264 e. The third kappa shape index (κ3) is 6.01. The first-order valence-corrected chi connectivity index (χ1v) is 9.61. The Hall–Kier alpha value is -1.31. The number of nitrogens with one attached hydrogen (secondary N) is 1. The molecule has 0 fully saturated rings. The maximum absolute atomic E-state index is 12.1. The lowest BCUT2D eigenvalue weighted by Gasteiger charge is -2.15. The highest BCUT2D eigenvalue weighted by Crippen LogP contribution is 2.23. The summed E-state index contributed by atoms with van der Waals surface area (Å²) < 4.78 is 0.900.